The number of thiol groups is 1. The minimum atomic E-state index is -0.409. The maximum atomic E-state index is 5.46. The fraction of sp³-hybridized carbons (Fsp3) is 0.163. The summed E-state index contributed by atoms with van der Waals surface area (Å²) in [6.07, 6.45) is 1.01. The van der Waals surface area contributed by atoms with E-state index in [2.05, 4.69) is 131 Å². The first-order valence-corrected chi connectivity index (χ1v) is 16.4. The zero-order valence-corrected chi connectivity index (χ0v) is 26.4. The lowest BCUT2D eigenvalue weighted by atomic mass is 9.64. The van der Waals surface area contributed by atoms with E-state index in [1.54, 1.807) is 0 Å². The molecule has 0 spiro atoms. The second-order valence-electron chi connectivity index (χ2n) is 13.8. The molecule has 210 valence electrons. The van der Waals surface area contributed by atoms with E-state index >= 15 is 0 Å². The van der Waals surface area contributed by atoms with Gasteiger partial charge >= 0.3 is 0 Å². The Labute approximate surface area is 263 Å². The van der Waals surface area contributed by atoms with Gasteiger partial charge in [-0.15, -0.1) is 0 Å². The lowest BCUT2D eigenvalue weighted by Gasteiger charge is -2.40. The van der Waals surface area contributed by atoms with Gasteiger partial charge in [0.25, 0.3) is 0 Å². The van der Waals surface area contributed by atoms with Crippen LogP contribution in [-0.2, 0) is 16.6 Å². The normalized spacial score (nSPS) is 18.0. The van der Waals surface area contributed by atoms with Crippen LogP contribution in [0.3, 0.4) is 0 Å². The van der Waals surface area contributed by atoms with E-state index < -0.39 is 4.75 Å². The molecule has 0 fully saturated rings. The smallest absolute Gasteiger partial charge is 0.0611 e. The van der Waals surface area contributed by atoms with Crippen molar-refractivity contribution >= 4 is 66.5 Å². The Kier molecular flexibility index (Phi) is 4.57. The highest BCUT2D eigenvalue weighted by Gasteiger charge is 2.40. The zero-order valence-electron chi connectivity index (χ0n) is 25.5. The first-order valence-electron chi connectivity index (χ1n) is 15.9. The lowest BCUT2D eigenvalue weighted by molar-refractivity contribution is 0.638. The van der Waals surface area contributed by atoms with E-state index in [1.807, 2.05) is 0 Å². The molecule has 2 aliphatic rings. The Hall–Kier alpha value is -4.33. The molecule has 0 heterocycles. The van der Waals surface area contributed by atoms with Crippen molar-refractivity contribution in [1.29, 1.82) is 0 Å². The summed E-state index contributed by atoms with van der Waals surface area (Å²) in [7, 11) is 0. The van der Waals surface area contributed by atoms with Crippen LogP contribution in [0.4, 0.5) is 0 Å². The SMILES string of the molecule is CCc1cc2cc3c4c(ccc5cc6c(c1C(C)(C)c1ccc7ccccc7c1-6)c2c54)C(C)(S)c1ccc2ccccc2c1-3. The van der Waals surface area contributed by atoms with Crippen molar-refractivity contribution in [3.63, 3.8) is 0 Å². The van der Waals surface area contributed by atoms with Gasteiger partial charge in [-0.25, -0.2) is 0 Å². The van der Waals surface area contributed by atoms with Crippen molar-refractivity contribution in [1.82, 2.24) is 0 Å². The van der Waals surface area contributed by atoms with Crippen LogP contribution in [0.15, 0.2) is 103 Å². The topological polar surface area (TPSA) is 0 Å². The van der Waals surface area contributed by atoms with E-state index in [9.17, 15) is 0 Å². The Morgan fingerprint density at radius 3 is 1.77 bits per heavy atom. The molecule has 1 atom stereocenters. The number of aryl methyl sites for hydroxylation is 1. The third kappa shape index (κ3) is 2.79. The van der Waals surface area contributed by atoms with Crippen LogP contribution in [0.2, 0.25) is 0 Å². The molecule has 44 heavy (non-hydrogen) atoms. The van der Waals surface area contributed by atoms with Crippen molar-refractivity contribution in [3.05, 3.63) is 131 Å². The van der Waals surface area contributed by atoms with Gasteiger partial charge in [-0.1, -0.05) is 112 Å². The summed E-state index contributed by atoms with van der Waals surface area (Å²) >= 11 is 5.46. The predicted molar refractivity (Wildman–Crippen MR) is 193 cm³/mol. The summed E-state index contributed by atoms with van der Waals surface area (Å²) in [5.41, 5.74) is 12.4. The van der Waals surface area contributed by atoms with Gasteiger partial charge in [-0.05, 0) is 129 Å². The maximum absolute atomic E-state index is 5.46. The molecule has 0 N–H and O–H groups in total. The molecule has 0 amide bonds. The molecule has 0 bridgehead atoms. The monoisotopic (exact) mass is 580 g/mol. The fourth-order valence-electron chi connectivity index (χ4n) is 9.28. The maximum Gasteiger partial charge on any atom is 0.0611 e. The first kappa shape index (κ1) is 25.0. The third-order valence-corrected chi connectivity index (χ3v) is 11.7. The minimum Gasteiger partial charge on any atom is -0.163 e. The molecule has 8 aromatic carbocycles. The minimum absolute atomic E-state index is 0.121. The highest BCUT2D eigenvalue weighted by molar-refractivity contribution is 7.81. The number of benzene rings is 8. The Bertz CT molecular complexity index is 2580. The Morgan fingerprint density at radius 2 is 1.07 bits per heavy atom. The Morgan fingerprint density at radius 1 is 0.523 bits per heavy atom. The second-order valence-corrected chi connectivity index (χ2v) is 14.7. The van der Waals surface area contributed by atoms with Crippen molar-refractivity contribution < 1.29 is 0 Å². The van der Waals surface area contributed by atoms with Crippen LogP contribution in [0, 0.1) is 0 Å². The van der Waals surface area contributed by atoms with Crippen LogP contribution in [0.1, 0.15) is 55.5 Å². The van der Waals surface area contributed by atoms with Gasteiger partial charge in [0.1, 0.15) is 0 Å². The molecule has 0 nitrogen and oxygen atoms in total. The number of hydrogen-bond acceptors (Lipinski definition) is 1. The summed E-state index contributed by atoms with van der Waals surface area (Å²) in [4.78, 5) is 0. The zero-order chi connectivity index (χ0) is 29.7. The number of hydrogen-bond donors (Lipinski definition) is 1. The summed E-state index contributed by atoms with van der Waals surface area (Å²) < 4.78 is -0.409. The quantitative estimate of drug-likeness (QED) is 0.145. The molecule has 2 aliphatic carbocycles. The molecule has 1 unspecified atom stereocenters. The van der Waals surface area contributed by atoms with E-state index in [-0.39, 0.29) is 5.41 Å². The van der Waals surface area contributed by atoms with E-state index in [0.29, 0.717) is 0 Å². The second kappa shape index (κ2) is 8.03. The van der Waals surface area contributed by atoms with E-state index in [0.717, 1.165) is 6.42 Å². The largest absolute Gasteiger partial charge is 0.163 e. The van der Waals surface area contributed by atoms with Gasteiger partial charge in [0, 0.05) is 5.41 Å². The van der Waals surface area contributed by atoms with Crippen LogP contribution < -0.4 is 0 Å². The van der Waals surface area contributed by atoms with Gasteiger partial charge in [0.05, 0.1) is 4.75 Å². The van der Waals surface area contributed by atoms with Crippen LogP contribution >= 0.6 is 12.6 Å². The van der Waals surface area contributed by atoms with Gasteiger partial charge in [0.15, 0.2) is 0 Å². The summed E-state index contributed by atoms with van der Waals surface area (Å²) in [6.45, 7) is 9.51. The molecule has 0 radical (unpaired) electrons. The average molecular weight is 581 g/mol. The highest BCUT2D eigenvalue weighted by atomic mass is 32.1. The summed E-state index contributed by atoms with van der Waals surface area (Å²) in [5.74, 6) is 0. The summed E-state index contributed by atoms with van der Waals surface area (Å²) in [6, 6.07) is 39.4. The van der Waals surface area contributed by atoms with E-state index in [4.69, 9.17) is 12.6 Å². The first-order chi connectivity index (χ1) is 21.3. The van der Waals surface area contributed by atoms with Crippen molar-refractivity contribution in [2.75, 3.05) is 0 Å². The molecular formula is C43H32S. The van der Waals surface area contributed by atoms with Gasteiger partial charge < -0.3 is 0 Å². The van der Waals surface area contributed by atoms with Crippen molar-refractivity contribution in [2.24, 2.45) is 0 Å². The molecule has 0 saturated carbocycles. The fourth-order valence-corrected chi connectivity index (χ4v) is 9.65. The van der Waals surface area contributed by atoms with Crippen molar-refractivity contribution in [3.8, 4) is 22.3 Å². The molecule has 0 saturated heterocycles. The lowest BCUT2D eigenvalue weighted by Crippen LogP contribution is -2.26. The van der Waals surface area contributed by atoms with Crippen LogP contribution in [-0.4, -0.2) is 0 Å². The van der Waals surface area contributed by atoms with Crippen molar-refractivity contribution in [2.45, 2.75) is 44.3 Å². The molecular weight excluding hydrogens is 549 g/mol. The van der Waals surface area contributed by atoms with E-state index in [1.165, 1.54) is 104 Å². The van der Waals surface area contributed by atoms with Gasteiger partial charge in [-0.3, -0.25) is 0 Å². The highest BCUT2D eigenvalue weighted by Crippen LogP contribution is 2.59. The molecule has 8 aromatic rings. The van der Waals surface area contributed by atoms with Gasteiger partial charge in [-0.2, -0.15) is 12.6 Å². The molecule has 1 heteroatoms. The van der Waals surface area contributed by atoms with Crippen LogP contribution in [0.5, 0.6) is 0 Å². The Balaban J connectivity index is 1.48. The molecule has 0 aromatic heterocycles. The van der Waals surface area contributed by atoms with Crippen LogP contribution in [0.25, 0.3) is 76.1 Å². The average Bonchev–Trinajstić information content (AvgIpc) is 3.04. The standard InChI is InChI=1S/C43H32S/c1-5-23-20-27-22-30-38-29-13-9-7-11-25(29)15-18-33(38)43(4,44)34-19-16-26-21-31-37-28-12-8-6-10-24(28)14-17-32(37)42(2,3)41(23)40(31)36(27)35(26)39(30)34/h6-22,44H,5H2,1-4H3. The number of rotatable bonds is 1. The predicted octanol–water partition coefficient (Wildman–Crippen LogP) is 11.9. The molecule has 0 aliphatic heterocycles. The third-order valence-electron chi connectivity index (χ3n) is 11.2. The van der Waals surface area contributed by atoms with Gasteiger partial charge in [0.2, 0.25) is 0 Å². The number of fused-ring (bicyclic) bond motifs is 8. The molecule has 10 rings (SSSR count). The summed E-state index contributed by atoms with van der Waals surface area (Å²) in [5, 5.41) is 13.6.